The molecule has 1 N–H and O–H groups in total. The second-order valence-electron chi connectivity index (χ2n) is 4.72. The highest BCUT2D eigenvalue weighted by Gasteiger charge is 2.20. The molecule has 2 heteroatoms. The van der Waals surface area contributed by atoms with Crippen LogP contribution < -0.4 is 5.32 Å². The maximum Gasteiger partial charge on any atom is 0.0462 e. The second kappa shape index (κ2) is 9.12. The number of hydrogen-bond acceptors (Lipinski definition) is 2. The van der Waals surface area contributed by atoms with Crippen LogP contribution in [0.3, 0.4) is 0 Å². The number of rotatable bonds is 9. The normalized spacial score (nSPS) is 14.4. The van der Waals surface area contributed by atoms with Gasteiger partial charge in [0.05, 0.1) is 0 Å². The summed E-state index contributed by atoms with van der Waals surface area (Å²) in [6, 6.07) is 11.4. The summed E-state index contributed by atoms with van der Waals surface area (Å²) in [4.78, 5) is 0. The van der Waals surface area contributed by atoms with Gasteiger partial charge in [0.25, 0.3) is 0 Å². The molecule has 1 rings (SSSR count). The lowest BCUT2D eigenvalue weighted by Crippen LogP contribution is -2.35. The first-order chi connectivity index (χ1) is 8.83. The number of ether oxygens (including phenoxy) is 1. The molecule has 2 nitrogen and oxygen atoms in total. The highest BCUT2D eigenvalue weighted by molar-refractivity contribution is 5.21. The van der Waals surface area contributed by atoms with Gasteiger partial charge in [-0.05, 0) is 37.3 Å². The summed E-state index contributed by atoms with van der Waals surface area (Å²) in [5.74, 6) is 0.600. The Kier molecular flexibility index (Phi) is 7.70. The Balaban J connectivity index is 2.67. The SMILES string of the molecule is CCNC(CCCOC)C(CC)c1ccccc1. The van der Waals surface area contributed by atoms with Gasteiger partial charge in [-0.2, -0.15) is 0 Å². The first-order valence-electron chi connectivity index (χ1n) is 7.10. The highest BCUT2D eigenvalue weighted by Crippen LogP contribution is 2.25. The van der Waals surface area contributed by atoms with Crippen molar-refractivity contribution in [3.8, 4) is 0 Å². The number of hydrogen-bond donors (Lipinski definition) is 1. The van der Waals surface area contributed by atoms with Crippen LogP contribution in [0.4, 0.5) is 0 Å². The van der Waals surface area contributed by atoms with Crippen molar-refractivity contribution in [1.29, 1.82) is 0 Å². The standard InChI is InChI=1S/C16H27NO/c1-4-15(14-10-7-6-8-11-14)16(17-5-2)12-9-13-18-3/h6-8,10-11,15-17H,4-5,9,12-13H2,1-3H3. The zero-order chi connectivity index (χ0) is 13.2. The van der Waals surface area contributed by atoms with Crippen LogP contribution in [0, 0.1) is 0 Å². The van der Waals surface area contributed by atoms with Gasteiger partial charge in [0.2, 0.25) is 0 Å². The maximum absolute atomic E-state index is 5.16. The Labute approximate surface area is 112 Å². The highest BCUT2D eigenvalue weighted by atomic mass is 16.5. The van der Waals surface area contributed by atoms with Crippen LogP contribution in [-0.4, -0.2) is 26.3 Å². The largest absolute Gasteiger partial charge is 0.385 e. The first kappa shape index (κ1) is 15.2. The van der Waals surface area contributed by atoms with Gasteiger partial charge in [0, 0.05) is 19.8 Å². The van der Waals surface area contributed by atoms with Crippen molar-refractivity contribution in [2.75, 3.05) is 20.3 Å². The van der Waals surface area contributed by atoms with E-state index in [2.05, 4.69) is 49.5 Å². The van der Waals surface area contributed by atoms with Crippen LogP contribution in [0.25, 0.3) is 0 Å². The summed E-state index contributed by atoms with van der Waals surface area (Å²) < 4.78 is 5.16. The van der Waals surface area contributed by atoms with Crippen molar-refractivity contribution in [2.45, 2.75) is 45.1 Å². The first-order valence-corrected chi connectivity index (χ1v) is 7.10. The predicted molar refractivity (Wildman–Crippen MR) is 78.0 cm³/mol. The Morgan fingerprint density at radius 2 is 1.89 bits per heavy atom. The maximum atomic E-state index is 5.16. The third-order valence-electron chi connectivity index (χ3n) is 3.48. The summed E-state index contributed by atoms with van der Waals surface area (Å²) in [6.07, 6.45) is 3.47. The molecular weight excluding hydrogens is 222 g/mol. The molecule has 0 saturated heterocycles. The van der Waals surface area contributed by atoms with E-state index in [0.29, 0.717) is 12.0 Å². The molecule has 1 aromatic carbocycles. The van der Waals surface area contributed by atoms with Gasteiger partial charge in [-0.1, -0.05) is 44.2 Å². The zero-order valence-corrected chi connectivity index (χ0v) is 12.0. The lowest BCUT2D eigenvalue weighted by molar-refractivity contribution is 0.186. The fourth-order valence-corrected chi connectivity index (χ4v) is 2.61. The van der Waals surface area contributed by atoms with Crippen molar-refractivity contribution < 1.29 is 4.74 Å². The van der Waals surface area contributed by atoms with E-state index < -0.39 is 0 Å². The molecule has 18 heavy (non-hydrogen) atoms. The lowest BCUT2D eigenvalue weighted by Gasteiger charge is -2.27. The molecule has 0 bridgehead atoms. The molecule has 0 aromatic heterocycles. The molecule has 0 radical (unpaired) electrons. The quantitative estimate of drug-likeness (QED) is 0.675. The molecule has 2 unspecified atom stereocenters. The molecular formula is C16H27NO. The fraction of sp³-hybridized carbons (Fsp3) is 0.625. The summed E-state index contributed by atoms with van der Waals surface area (Å²) in [5.41, 5.74) is 1.45. The second-order valence-corrected chi connectivity index (χ2v) is 4.72. The Hall–Kier alpha value is -0.860. The Morgan fingerprint density at radius 1 is 1.17 bits per heavy atom. The number of likely N-dealkylation sites (N-methyl/N-ethyl adjacent to an activating group) is 1. The zero-order valence-electron chi connectivity index (χ0n) is 12.0. The van der Waals surface area contributed by atoms with Crippen molar-refractivity contribution in [2.24, 2.45) is 0 Å². The summed E-state index contributed by atoms with van der Waals surface area (Å²) in [5, 5.41) is 3.64. The topological polar surface area (TPSA) is 21.3 Å². The third-order valence-corrected chi connectivity index (χ3v) is 3.48. The van der Waals surface area contributed by atoms with E-state index in [0.717, 1.165) is 19.6 Å². The van der Waals surface area contributed by atoms with E-state index in [-0.39, 0.29) is 0 Å². The van der Waals surface area contributed by atoms with Crippen molar-refractivity contribution >= 4 is 0 Å². The van der Waals surface area contributed by atoms with E-state index in [1.807, 2.05) is 0 Å². The molecule has 1 aromatic rings. The molecule has 2 atom stereocenters. The summed E-state index contributed by atoms with van der Waals surface area (Å²) >= 11 is 0. The minimum atomic E-state index is 0.553. The van der Waals surface area contributed by atoms with Crippen molar-refractivity contribution in [3.63, 3.8) is 0 Å². The van der Waals surface area contributed by atoms with E-state index in [9.17, 15) is 0 Å². The van der Waals surface area contributed by atoms with Crippen molar-refractivity contribution in [3.05, 3.63) is 35.9 Å². The molecule has 102 valence electrons. The summed E-state index contributed by atoms with van der Waals surface area (Å²) in [7, 11) is 1.77. The minimum absolute atomic E-state index is 0.553. The van der Waals surface area contributed by atoms with Crippen molar-refractivity contribution in [1.82, 2.24) is 5.32 Å². The van der Waals surface area contributed by atoms with Crippen LogP contribution >= 0.6 is 0 Å². The monoisotopic (exact) mass is 249 g/mol. The Bertz CT molecular complexity index is 299. The molecule has 0 aliphatic rings. The van der Waals surface area contributed by atoms with Crippen LogP contribution in [0.1, 0.15) is 44.6 Å². The molecule has 0 aliphatic heterocycles. The van der Waals surface area contributed by atoms with Gasteiger partial charge >= 0.3 is 0 Å². The Morgan fingerprint density at radius 3 is 2.44 bits per heavy atom. The lowest BCUT2D eigenvalue weighted by atomic mass is 9.86. The minimum Gasteiger partial charge on any atom is -0.385 e. The van der Waals surface area contributed by atoms with Crippen LogP contribution in [0.2, 0.25) is 0 Å². The molecule has 0 heterocycles. The molecule has 0 saturated carbocycles. The van der Waals surface area contributed by atoms with Crippen LogP contribution in [0.5, 0.6) is 0 Å². The fourth-order valence-electron chi connectivity index (χ4n) is 2.61. The summed E-state index contributed by atoms with van der Waals surface area (Å²) in [6.45, 7) is 6.34. The average Bonchev–Trinajstić information content (AvgIpc) is 2.41. The van der Waals surface area contributed by atoms with Gasteiger partial charge < -0.3 is 10.1 Å². The smallest absolute Gasteiger partial charge is 0.0462 e. The number of benzene rings is 1. The molecule has 0 spiro atoms. The van der Waals surface area contributed by atoms with Gasteiger partial charge in [-0.15, -0.1) is 0 Å². The van der Waals surface area contributed by atoms with E-state index >= 15 is 0 Å². The molecule has 0 amide bonds. The van der Waals surface area contributed by atoms with E-state index in [1.54, 1.807) is 7.11 Å². The average molecular weight is 249 g/mol. The van der Waals surface area contributed by atoms with E-state index in [4.69, 9.17) is 4.74 Å². The third kappa shape index (κ3) is 4.79. The molecule has 0 fully saturated rings. The van der Waals surface area contributed by atoms with Gasteiger partial charge in [0.15, 0.2) is 0 Å². The van der Waals surface area contributed by atoms with Crippen LogP contribution in [-0.2, 0) is 4.74 Å². The number of methoxy groups -OCH3 is 1. The van der Waals surface area contributed by atoms with Crippen LogP contribution in [0.15, 0.2) is 30.3 Å². The number of nitrogens with one attached hydrogen (secondary N) is 1. The van der Waals surface area contributed by atoms with Gasteiger partial charge in [-0.3, -0.25) is 0 Å². The molecule has 0 aliphatic carbocycles. The van der Waals surface area contributed by atoms with Gasteiger partial charge in [0.1, 0.15) is 0 Å². The predicted octanol–water partition coefficient (Wildman–Crippen LogP) is 3.58. The van der Waals surface area contributed by atoms with Gasteiger partial charge in [-0.25, -0.2) is 0 Å². The van der Waals surface area contributed by atoms with E-state index in [1.165, 1.54) is 18.4 Å².